The predicted octanol–water partition coefficient (Wildman–Crippen LogP) is -0.296. The van der Waals surface area contributed by atoms with Crippen LogP contribution in [0, 0.1) is 10.3 Å². The number of carboxylic acid groups (broad SMARTS) is 1. The fourth-order valence-corrected chi connectivity index (χ4v) is 5.93. The number of allylic oxidation sites excluding steroid dienone is 1. The molecule has 1 aromatic rings. The maximum absolute atomic E-state index is 12.5. The second kappa shape index (κ2) is 8.89. The number of aliphatic hydroxyl groups excluding tert-OH is 1. The molecule has 13 nitrogen and oxygen atoms in total. The number of nitrogens with zero attached hydrogens (tertiary/aromatic N) is 6. The molecule has 2 unspecified atom stereocenters. The van der Waals surface area contributed by atoms with Gasteiger partial charge in [0.2, 0.25) is 16.8 Å². The van der Waals surface area contributed by atoms with E-state index in [4.69, 9.17) is 0 Å². The highest BCUT2D eigenvalue weighted by Gasteiger charge is 2.57. The Hall–Kier alpha value is -2.20. The monoisotopic (exact) mass is 521 g/mol. The number of nitrogens with one attached hydrogen (secondary N) is 1. The molecule has 0 bridgehead atoms. The second-order valence-corrected chi connectivity index (χ2v) is 9.21. The van der Waals surface area contributed by atoms with Crippen LogP contribution in [0.1, 0.15) is 0 Å². The molecule has 1 aromatic heterocycles. The zero-order chi connectivity index (χ0) is 22.1. The molecule has 16 heteroatoms. The zero-order valence-electron chi connectivity index (χ0n) is 15.4. The molecule has 2 saturated heterocycles. The molecule has 162 valence electrons. The number of carbonyl (C=O) groups is 3. The van der Waals surface area contributed by atoms with Gasteiger partial charge < -0.3 is 20.4 Å². The number of thioether (sulfide) groups is 2. The number of tetrazole rings is 1. The average molecular weight is 522 g/mol. The first-order chi connectivity index (χ1) is 14.2. The molecule has 3 atom stereocenters. The third-order valence-corrected chi connectivity index (χ3v) is 8.07. The fourth-order valence-electron chi connectivity index (χ4n) is 2.95. The maximum atomic E-state index is 12.5. The van der Waals surface area contributed by atoms with Crippen LogP contribution in [-0.2, 0) is 21.4 Å². The van der Waals surface area contributed by atoms with Crippen molar-refractivity contribution in [3.63, 3.8) is 0 Å². The Morgan fingerprint density at radius 1 is 1.47 bits per heavy atom. The fraction of sp³-hybridized carbons (Fsp3) is 0.571. The highest BCUT2D eigenvalue weighted by atomic mass is 79.9. The summed E-state index contributed by atoms with van der Waals surface area (Å²) in [7, 11) is 1.64. The number of nitroso groups, excluding NO2 is 1. The van der Waals surface area contributed by atoms with Crippen LogP contribution in [0.5, 0.6) is 0 Å². The van der Waals surface area contributed by atoms with Gasteiger partial charge in [0.15, 0.2) is 0 Å². The van der Waals surface area contributed by atoms with E-state index in [9.17, 15) is 29.5 Å². The molecule has 2 amide bonds. The molecule has 0 aromatic carbocycles. The summed E-state index contributed by atoms with van der Waals surface area (Å²) in [4.78, 5) is 48.9. The van der Waals surface area contributed by atoms with Gasteiger partial charge in [-0.2, -0.15) is 0 Å². The SMILES string of the molecule is Cn1nnnc1SCC1(C(=O)O)CS[C@@H]2C(NC(=O)C(N=O)=C(O)CBr)C(=O)N2C1. The van der Waals surface area contributed by atoms with E-state index in [-0.39, 0.29) is 23.4 Å². The molecule has 3 rings (SSSR count). The number of rotatable bonds is 8. The number of halogens is 1. The number of aromatic nitrogens is 4. The van der Waals surface area contributed by atoms with Crippen LogP contribution < -0.4 is 5.32 Å². The van der Waals surface area contributed by atoms with Crippen molar-refractivity contribution >= 4 is 57.2 Å². The molecule has 0 spiro atoms. The van der Waals surface area contributed by atoms with E-state index in [0.29, 0.717) is 5.16 Å². The Balaban J connectivity index is 1.68. The van der Waals surface area contributed by atoms with E-state index in [1.165, 1.54) is 33.1 Å². The summed E-state index contributed by atoms with van der Waals surface area (Å²) in [5.74, 6) is -2.70. The molecule has 3 N–H and O–H groups in total. The van der Waals surface area contributed by atoms with Crippen LogP contribution in [0.3, 0.4) is 0 Å². The molecule has 30 heavy (non-hydrogen) atoms. The number of alkyl halides is 1. The molecular weight excluding hydrogens is 506 g/mol. The van der Waals surface area contributed by atoms with E-state index in [1.54, 1.807) is 7.05 Å². The van der Waals surface area contributed by atoms with Gasteiger partial charge in [0, 0.05) is 25.1 Å². The molecule has 0 radical (unpaired) electrons. The van der Waals surface area contributed by atoms with Crippen molar-refractivity contribution in [3.05, 3.63) is 16.4 Å². The third-order valence-electron chi connectivity index (χ3n) is 4.65. The smallest absolute Gasteiger partial charge is 0.313 e. The van der Waals surface area contributed by atoms with Crippen LogP contribution in [0.15, 0.2) is 21.8 Å². The molecule has 2 aliphatic heterocycles. The molecule has 0 saturated carbocycles. The standard InChI is InChI=1S/C14H16BrN7O6S2/c1-21-13(17-19-20-21)30-5-14(12(26)27)3-22-10(25)8(11(22)29-4-14)16-9(24)7(18-28)6(23)2-15/h8,11,23H,2-5H2,1H3,(H,16,24)(H,26,27)/t8?,11-,14?/m1/s1. The normalized spacial score (nSPS) is 26.3. The van der Waals surface area contributed by atoms with Gasteiger partial charge in [-0.25, -0.2) is 4.68 Å². The lowest BCUT2D eigenvalue weighted by Gasteiger charge is -2.53. The lowest BCUT2D eigenvalue weighted by molar-refractivity contribution is -0.157. The van der Waals surface area contributed by atoms with Gasteiger partial charge in [-0.15, -0.1) is 21.8 Å². The topological polar surface area (TPSA) is 180 Å². The first-order valence-electron chi connectivity index (χ1n) is 8.37. The molecular formula is C14H16BrN7O6S2. The van der Waals surface area contributed by atoms with Gasteiger partial charge in [0.1, 0.15) is 22.6 Å². The summed E-state index contributed by atoms with van der Waals surface area (Å²) in [6.45, 7) is -0.0369. The summed E-state index contributed by atoms with van der Waals surface area (Å²) in [5, 5.41) is 35.1. The van der Waals surface area contributed by atoms with E-state index in [2.05, 4.69) is 41.9 Å². The Morgan fingerprint density at radius 2 is 2.20 bits per heavy atom. The second-order valence-electron chi connectivity index (χ2n) is 6.60. The number of aliphatic carboxylic acids is 1. The number of hydrogen-bond acceptors (Lipinski definition) is 11. The van der Waals surface area contributed by atoms with Gasteiger partial charge in [-0.1, -0.05) is 27.7 Å². The first kappa shape index (κ1) is 22.5. The number of carboxylic acids is 1. The van der Waals surface area contributed by atoms with E-state index in [0.717, 1.165) is 0 Å². The van der Waals surface area contributed by atoms with Gasteiger partial charge >= 0.3 is 5.97 Å². The minimum atomic E-state index is -1.22. The summed E-state index contributed by atoms with van der Waals surface area (Å²) in [5.41, 5.74) is -1.93. The lowest BCUT2D eigenvalue weighted by atomic mass is 9.89. The third kappa shape index (κ3) is 4.02. The lowest BCUT2D eigenvalue weighted by Crippen LogP contribution is -2.74. The Morgan fingerprint density at radius 3 is 2.77 bits per heavy atom. The number of carbonyl (C=O) groups excluding carboxylic acids is 2. The van der Waals surface area contributed by atoms with Crippen molar-refractivity contribution in [1.82, 2.24) is 30.4 Å². The molecule has 2 aliphatic rings. The summed E-state index contributed by atoms with van der Waals surface area (Å²) in [6.07, 6.45) is 0. The van der Waals surface area contributed by atoms with Crippen molar-refractivity contribution in [2.24, 2.45) is 17.6 Å². The van der Waals surface area contributed by atoms with Gasteiger partial charge in [0.25, 0.3) is 5.91 Å². The van der Waals surface area contributed by atoms with Gasteiger partial charge in [-0.05, 0) is 15.6 Å². The number of fused-ring (bicyclic) bond motifs is 1. The molecule has 3 heterocycles. The van der Waals surface area contributed by atoms with Crippen molar-refractivity contribution in [1.29, 1.82) is 0 Å². The van der Waals surface area contributed by atoms with Crippen LogP contribution >= 0.6 is 39.5 Å². The largest absolute Gasteiger partial charge is 0.509 e. The Labute approximate surface area is 186 Å². The maximum Gasteiger partial charge on any atom is 0.313 e. The van der Waals surface area contributed by atoms with E-state index in [1.807, 2.05) is 0 Å². The van der Waals surface area contributed by atoms with Crippen LogP contribution in [-0.4, -0.2) is 87.9 Å². The first-order valence-corrected chi connectivity index (χ1v) is 11.5. The number of β-lactam (4-membered cyclic amide) rings is 1. The van der Waals surface area contributed by atoms with E-state index < -0.39 is 46.1 Å². The number of aliphatic hydroxyl groups is 1. The Bertz CT molecular complexity index is 926. The number of amides is 2. The summed E-state index contributed by atoms with van der Waals surface area (Å²) in [6, 6.07) is -0.940. The van der Waals surface area contributed by atoms with Crippen molar-refractivity contribution in [2.45, 2.75) is 16.6 Å². The predicted molar refractivity (Wildman–Crippen MR) is 109 cm³/mol. The van der Waals surface area contributed by atoms with Crippen LogP contribution in [0.25, 0.3) is 0 Å². The minimum Gasteiger partial charge on any atom is -0.509 e. The Kier molecular flexibility index (Phi) is 6.66. The number of aryl methyl sites for hydroxylation is 1. The quantitative estimate of drug-likeness (QED) is 0.102. The molecule has 0 aliphatic carbocycles. The molecule has 2 fully saturated rings. The highest BCUT2D eigenvalue weighted by Crippen LogP contribution is 2.44. The highest BCUT2D eigenvalue weighted by molar-refractivity contribution is 9.09. The summed E-state index contributed by atoms with van der Waals surface area (Å²) < 4.78 is 1.42. The average Bonchev–Trinajstić information content (AvgIpc) is 3.15. The zero-order valence-corrected chi connectivity index (χ0v) is 18.6. The van der Waals surface area contributed by atoms with Crippen LogP contribution in [0.2, 0.25) is 0 Å². The van der Waals surface area contributed by atoms with Gasteiger partial charge in [-0.3, -0.25) is 14.4 Å². The van der Waals surface area contributed by atoms with Crippen molar-refractivity contribution in [3.8, 4) is 0 Å². The minimum absolute atomic E-state index is 0.0369. The van der Waals surface area contributed by atoms with Crippen molar-refractivity contribution in [2.75, 3.05) is 23.4 Å². The van der Waals surface area contributed by atoms with E-state index >= 15 is 0 Å². The number of hydrogen-bond donors (Lipinski definition) is 3. The van der Waals surface area contributed by atoms with Crippen LogP contribution in [0.4, 0.5) is 0 Å². The summed E-state index contributed by atoms with van der Waals surface area (Å²) >= 11 is 5.31. The van der Waals surface area contributed by atoms with Crippen molar-refractivity contribution < 1.29 is 24.6 Å². The van der Waals surface area contributed by atoms with Gasteiger partial charge in [0.05, 0.1) is 5.33 Å².